The van der Waals surface area contributed by atoms with Crippen molar-refractivity contribution in [2.75, 3.05) is 0 Å². The van der Waals surface area contributed by atoms with Crippen LogP contribution in [0.3, 0.4) is 0 Å². The third-order valence-electron chi connectivity index (χ3n) is 1.25. The Bertz CT molecular complexity index is 373. The summed E-state index contributed by atoms with van der Waals surface area (Å²) in [6, 6.07) is 2.01. The molecule has 1 N–H and O–H groups in total. The molecule has 62 valence electrons. The number of rotatable bonds is 0. The van der Waals surface area contributed by atoms with Crippen LogP contribution in [-0.2, 0) is 0 Å². The zero-order chi connectivity index (χ0) is 9.30. The molecule has 0 aliphatic carbocycles. The van der Waals surface area contributed by atoms with Crippen molar-refractivity contribution in [2.24, 2.45) is 0 Å². The minimum Gasteiger partial charge on any atom is -0.507 e. The van der Waals surface area contributed by atoms with Crippen LogP contribution in [0.2, 0.25) is 0 Å². The number of halogens is 3. The van der Waals surface area contributed by atoms with E-state index in [-0.39, 0.29) is 4.47 Å². The zero-order valence-corrected chi connectivity index (χ0v) is 7.19. The molecule has 0 amide bonds. The summed E-state index contributed by atoms with van der Waals surface area (Å²) in [5.41, 5.74) is -0.709. The normalized spacial score (nSPS) is 9.50. The molecule has 1 rings (SSSR count). The fourth-order valence-electron chi connectivity index (χ4n) is 0.685. The first-order valence-corrected chi connectivity index (χ1v) is 3.63. The number of phenols is 1. The molecule has 0 bridgehead atoms. The molecule has 0 aromatic heterocycles. The van der Waals surface area contributed by atoms with Crippen LogP contribution >= 0.6 is 15.9 Å². The Morgan fingerprint density at radius 2 is 2.08 bits per heavy atom. The molecular weight excluding hydrogens is 232 g/mol. The lowest BCUT2D eigenvalue weighted by atomic mass is 10.2. The first-order chi connectivity index (χ1) is 5.57. The molecule has 12 heavy (non-hydrogen) atoms. The summed E-state index contributed by atoms with van der Waals surface area (Å²) in [6.45, 7) is 0. The van der Waals surface area contributed by atoms with Crippen LogP contribution in [0.4, 0.5) is 8.78 Å². The van der Waals surface area contributed by atoms with Gasteiger partial charge in [-0.1, -0.05) is 0 Å². The Kier molecular flexibility index (Phi) is 2.29. The maximum absolute atomic E-state index is 12.9. The Morgan fingerprint density at radius 1 is 1.50 bits per heavy atom. The lowest BCUT2D eigenvalue weighted by Crippen LogP contribution is -1.91. The number of nitriles is 1. The van der Waals surface area contributed by atoms with Crippen LogP contribution in [-0.4, -0.2) is 5.11 Å². The molecule has 2 nitrogen and oxygen atoms in total. The van der Waals surface area contributed by atoms with Crippen molar-refractivity contribution in [3.63, 3.8) is 0 Å². The summed E-state index contributed by atoms with van der Waals surface area (Å²) in [6.07, 6.45) is 0. The van der Waals surface area contributed by atoms with Gasteiger partial charge < -0.3 is 5.11 Å². The Balaban J connectivity index is 3.54. The van der Waals surface area contributed by atoms with E-state index in [0.717, 1.165) is 0 Å². The van der Waals surface area contributed by atoms with Crippen molar-refractivity contribution in [1.82, 2.24) is 0 Å². The van der Waals surface area contributed by atoms with Gasteiger partial charge in [-0.2, -0.15) is 5.26 Å². The van der Waals surface area contributed by atoms with E-state index >= 15 is 0 Å². The number of nitrogens with zero attached hydrogens (tertiary/aromatic N) is 1. The van der Waals surface area contributed by atoms with Gasteiger partial charge in [-0.3, -0.25) is 0 Å². The Morgan fingerprint density at radius 3 is 2.58 bits per heavy atom. The van der Waals surface area contributed by atoms with E-state index in [9.17, 15) is 8.78 Å². The quantitative estimate of drug-likeness (QED) is 0.700. The number of hydrogen-bond donors (Lipinski definition) is 1. The van der Waals surface area contributed by atoms with E-state index < -0.39 is 22.9 Å². The molecule has 0 unspecified atom stereocenters. The average Bonchev–Trinajstić information content (AvgIpc) is 2.01. The van der Waals surface area contributed by atoms with Crippen molar-refractivity contribution in [3.8, 4) is 11.8 Å². The summed E-state index contributed by atoms with van der Waals surface area (Å²) in [5, 5.41) is 17.1. The van der Waals surface area contributed by atoms with Gasteiger partial charge in [0.2, 0.25) is 0 Å². The molecule has 0 spiro atoms. The van der Waals surface area contributed by atoms with E-state index in [1.54, 1.807) is 0 Å². The predicted molar refractivity (Wildman–Crippen MR) is 40.4 cm³/mol. The standard InChI is InChI=1S/C7H2BrF2NO/c8-6-5(12)1-4(9)3(2-11)7(6)10/h1,12H. The van der Waals surface area contributed by atoms with Crippen molar-refractivity contribution in [3.05, 3.63) is 27.7 Å². The highest BCUT2D eigenvalue weighted by atomic mass is 79.9. The van der Waals surface area contributed by atoms with Gasteiger partial charge in [0.25, 0.3) is 0 Å². The molecular formula is C7H2BrF2NO. The fourth-order valence-corrected chi connectivity index (χ4v) is 0.998. The number of aromatic hydroxyl groups is 1. The van der Waals surface area contributed by atoms with Crippen LogP contribution in [0.5, 0.6) is 5.75 Å². The van der Waals surface area contributed by atoms with Crippen molar-refractivity contribution in [2.45, 2.75) is 0 Å². The largest absolute Gasteiger partial charge is 0.507 e. The predicted octanol–water partition coefficient (Wildman–Crippen LogP) is 2.30. The lowest BCUT2D eigenvalue weighted by Gasteiger charge is -2.00. The molecule has 1 aromatic carbocycles. The highest BCUT2D eigenvalue weighted by Gasteiger charge is 2.15. The molecule has 0 heterocycles. The van der Waals surface area contributed by atoms with Gasteiger partial charge >= 0.3 is 0 Å². The van der Waals surface area contributed by atoms with E-state index in [4.69, 9.17) is 10.4 Å². The van der Waals surface area contributed by atoms with E-state index in [1.807, 2.05) is 0 Å². The minimum atomic E-state index is -1.09. The highest BCUT2D eigenvalue weighted by Crippen LogP contribution is 2.30. The van der Waals surface area contributed by atoms with Crippen molar-refractivity contribution in [1.29, 1.82) is 5.26 Å². The molecule has 0 aliphatic heterocycles. The molecule has 0 atom stereocenters. The van der Waals surface area contributed by atoms with Crippen LogP contribution < -0.4 is 0 Å². The fraction of sp³-hybridized carbons (Fsp3) is 0. The van der Waals surface area contributed by atoms with Crippen molar-refractivity contribution >= 4 is 15.9 Å². The summed E-state index contributed by atoms with van der Waals surface area (Å²) in [7, 11) is 0. The van der Waals surface area contributed by atoms with Crippen LogP contribution in [0.15, 0.2) is 10.5 Å². The number of benzene rings is 1. The first-order valence-electron chi connectivity index (χ1n) is 2.84. The molecule has 1 aromatic rings. The monoisotopic (exact) mass is 233 g/mol. The maximum atomic E-state index is 12.9. The van der Waals surface area contributed by atoms with Gasteiger partial charge in [-0.05, 0) is 15.9 Å². The van der Waals surface area contributed by atoms with Crippen LogP contribution in [0.25, 0.3) is 0 Å². The van der Waals surface area contributed by atoms with E-state index in [1.165, 1.54) is 6.07 Å². The smallest absolute Gasteiger partial charge is 0.161 e. The Labute approximate surface area is 75.2 Å². The van der Waals surface area contributed by atoms with E-state index in [0.29, 0.717) is 6.07 Å². The highest BCUT2D eigenvalue weighted by molar-refractivity contribution is 9.10. The van der Waals surface area contributed by atoms with Gasteiger partial charge in [0.1, 0.15) is 23.2 Å². The molecule has 0 aliphatic rings. The Hall–Kier alpha value is -1.15. The van der Waals surface area contributed by atoms with Gasteiger partial charge in [-0.15, -0.1) is 0 Å². The number of phenolic OH excluding ortho intramolecular Hbond substituents is 1. The molecule has 0 saturated carbocycles. The van der Waals surface area contributed by atoms with E-state index in [2.05, 4.69) is 15.9 Å². The average molecular weight is 234 g/mol. The second kappa shape index (κ2) is 3.07. The van der Waals surface area contributed by atoms with Gasteiger partial charge in [0.05, 0.1) is 4.47 Å². The van der Waals surface area contributed by atoms with Gasteiger partial charge in [-0.25, -0.2) is 8.78 Å². The second-order valence-electron chi connectivity index (χ2n) is 1.99. The first kappa shape index (κ1) is 8.94. The minimum absolute atomic E-state index is 0.305. The lowest BCUT2D eigenvalue weighted by molar-refractivity contribution is 0.454. The zero-order valence-electron chi connectivity index (χ0n) is 5.61. The molecule has 0 radical (unpaired) electrons. The number of hydrogen-bond acceptors (Lipinski definition) is 2. The van der Waals surface area contributed by atoms with Crippen LogP contribution in [0, 0.1) is 23.0 Å². The summed E-state index contributed by atoms with van der Waals surface area (Å²) in [4.78, 5) is 0. The SMILES string of the molecule is N#Cc1c(F)cc(O)c(Br)c1F. The third kappa shape index (κ3) is 1.25. The molecule has 0 saturated heterocycles. The summed E-state index contributed by atoms with van der Waals surface area (Å²) >= 11 is 2.66. The topological polar surface area (TPSA) is 44.0 Å². The van der Waals surface area contributed by atoms with Gasteiger partial charge in [0.15, 0.2) is 5.82 Å². The van der Waals surface area contributed by atoms with Crippen molar-refractivity contribution < 1.29 is 13.9 Å². The summed E-state index contributed by atoms with van der Waals surface area (Å²) in [5.74, 6) is -2.73. The third-order valence-corrected chi connectivity index (χ3v) is 2.01. The van der Waals surface area contributed by atoms with Gasteiger partial charge in [0, 0.05) is 6.07 Å². The molecule has 5 heteroatoms. The molecule has 0 fully saturated rings. The maximum Gasteiger partial charge on any atom is 0.161 e. The van der Waals surface area contributed by atoms with Crippen LogP contribution in [0.1, 0.15) is 5.56 Å². The second-order valence-corrected chi connectivity index (χ2v) is 2.79. The summed E-state index contributed by atoms with van der Waals surface area (Å²) < 4.78 is 25.2.